The maximum Gasteiger partial charge on any atom is 0.233 e. The number of nitrogens with one attached hydrogen (secondary N) is 1. The smallest absolute Gasteiger partial charge is 0.233 e. The first-order chi connectivity index (χ1) is 10.1. The van der Waals surface area contributed by atoms with Gasteiger partial charge in [0.25, 0.3) is 0 Å². The van der Waals surface area contributed by atoms with E-state index in [-0.39, 0.29) is 17.9 Å². The monoisotopic (exact) mass is 306 g/mol. The molecule has 1 saturated carbocycles. The molecule has 112 valence electrons. The lowest BCUT2D eigenvalue weighted by molar-refractivity contribution is -0.126. The lowest BCUT2D eigenvalue weighted by Crippen LogP contribution is -2.43. The standard InChI is InChI=1S/C16H19ClN2O2/c1-10-14(16(20)18-13-4-2-3-5-13)15(19-21-10)11-6-8-12(17)9-7-11/h6-10,13-14H,2-5H2,1H3,(H,18,20)/t10-,14-/m1/s1. The van der Waals surface area contributed by atoms with E-state index in [2.05, 4.69) is 10.5 Å². The maximum atomic E-state index is 12.6. The molecule has 2 aliphatic rings. The first kappa shape index (κ1) is 14.4. The Morgan fingerprint density at radius 2 is 1.95 bits per heavy atom. The second kappa shape index (κ2) is 6.06. The van der Waals surface area contributed by atoms with Crippen molar-refractivity contribution in [2.75, 3.05) is 0 Å². The highest BCUT2D eigenvalue weighted by atomic mass is 35.5. The molecule has 0 aromatic heterocycles. The first-order valence-electron chi connectivity index (χ1n) is 7.45. The van der Waals surface area contributed by atoms with Crippen LogP contribution in [0.5, 0.6) is 0 Å². The summed E-state index contributed by atoms with van der Waals surface area (Å²) in [5, 5.41) is 7.91. The van der Waals surface area contributed by atoms with Crippen molar-refractivity contribution in [3.8, 4) is 0 Å². The van der Waals surface area contributed by atoms with E-state index >= 15 is 0 Å². The molecule has 0 radical (unpaired) electrons. The molecule has 1 N–H and O–H groups in total. The van der Waals surface area contributed by atoms with Gasteiger partial charge in [0.15, 0.2) is 0 Å². The molecule has 4 nitrogen and oxygen atoms in total. The van der Waals surface area contributed by atoms with E-state index in [4.69, 9.17) is 16.4 Å². The van der Waals surface area contributed by atoms with E-state index in [0.29, 0.717) is 16.8 Å². The maximum absolute atomic E-state index is 12.6. The van der Waals surface area contributed by atoms with E-state index < -0.39 is 0 Å². The van der Waals surface area contributed by atoms with Crippen LogP contribution in [0.4, 0.5) is 0 Å². The van der Waals surface area contributed by atoms with Gasteiger partial charge in [0.1, 0.15) is 17.7 Å². The normalized spacial score (nSPS) is 25.5. The number of benzene rings is 1. The third kappa shape index (κ3) is 3.05. The summed E-state index contributed by atoms with van der Waals surface area (Å²) in [7, 11) is 0. The van der Waals surface area contributed by atoms with Crippen molar-refractivity contribution in [2.24, 2.45) is 11.1 Å². The first-order valence-corrected chi connectivity index (χ1v) is 7.83. The fourth-order valence-corrected chi connectivity index (χ4v) is 3.16. The number of carbonyl (C=O) groups is 1. The van der Waals surface area contributed by atoms with Gasteiger partial charge < -0.3 is 10.2 Å². The highest BCUT2D eigenvalue weighted by molar-refractivity contribution is 6.30. The van der Waals surface area contributed by atoms with Gasteiger partial charge in [-0.25, -0.2) is 0 Å². The number of hydrogen-bond acceptors (Lipinski definition) is 3. The average molecular weight is 307 g/mol. The molecular formula is C16H19ClN2O2. The van der Waals surface area contributed by atoms with Crippen LogP contribution in [-0.4, -0.2) is 23.8 Å². The molecule has 1 aliphatic carbocycles. The average Bonchev–Trinajstić information content (AvgIpc) is 3.09. The number of oxime groups is 1. The van der Waals surface area contributed by atoms with Crippen molar-refractivity contribution in [1.29, 1.82) is 0 Å². The summed E-state index contributed by atoms with van der Waals surface area (Å²) < 4.78 is 0. The summed E-state index contributed by atoms with van der Waals surface area (Å²) in [4.78, 5) is 17.9. The molecule has 1 heterocycles. The molecule has 1 aliphatic heterocycles. The van der Waals surface area contributed by atoms with Crippen molar-refractivity contribution >= 4 is 23.2 Å². The second-order valence-electron chi connectivity index (χ2n) is 5.76. The topological polar surface area (TPSA) is 50.7 Å². The minimum Gasteiger partial charge on any atom is -0.391 e. The molecule has 5 heteroatoms. The second-order valence-corrected chi connectivity index (χ2v) is 6.20. The van der Waals surface area contributed by atoms with Gasteiger partial charge in [0, 0.05) is 16.6 Å². The number of amides is 1. The molecule has 1 aromatic carbocycles. The van der Waals surface area contributed by atoms with E-state index in [0.717, 1.165) is 18.4 Å². The zero-order valence-electron chi connectivity index (χ0n) is 12.0. The summed E-state index contributed by atoms with van der Waals surface area (Å²) in [5.74, 6) is -0.340. The summed E-state index contributed by atoms with van der Waals surface area (Å²) in [6.45, 7) is 1.88. The van der Waals surface area contributed by atoms with Gasteiger partial charge in [-0.1, -0.05) is 41.7 Å². The number of rotatable bonds is 3. The Morgan fingerprint density at radius 1 is 1.29 bits per heavy atom. The molecule has 0 saturated heterocycles. The Bertz CT molecular complexity index is 550. The molecule has 1 aromatic rings. The van der Waals surface area contributed by atoms with Crippen molar-refractivity contribution in [3.63, 3.8) is 0 Å². The molecule has 3 rings (SSSR count). The van der Waals surface area contributed by atoms with Crippen LogP contribution in [-0.2, 0) is 9.63 Å². The Balaban J connectivity index is 1.76. The number of halogens is 1. The molecular weight excluding hydrogens is 288 g/mol. The predicted octanol–water partition coefficient (Wildman–Crippen LogP) is 3.14. The van der Waals surface area contributed by atoms with Crippen LogP contribution in [0.25, 0.3) is 0 Å². The highest BCUT2D eigenvalue weighted by Crippen LogP contribution is 2.26. The quantitative estimate of drug-likeness (QED) is 0.932. The van der Waals surface area contributed by atoms with Crippen LogP contribution in [0, 0.1) is 5.92 Å². The predicted molar refractivity (Wildman–Crippen MR) is 82.4 cm³/mol. The Hall–Kier alpha value is -1.55. The van der Waals surface area contributed by atoms with E-state index in [9.17, 15) is 4.79 Å². The SMILES string of the molecule is C[C@H]1ON=C(c2ccc(Cl)cc2)[C@@H]1C(=O)NC1CCCC1. The number of hydrogen-bond donors (Lipinski definition) is 1. The molecule has 0 bridgehead atoms. The van der Waals surface area contributed by atoms with Crippen LogP contribution in [0.3, 0.4) is 0 Å². The lowest BCUT2D eigenvalue weighted by Gasteiger charge is -2.19. The van der Waals surface area contributed by atoms with Crippen molar-refractivity contribution in [3.05, 3.63) is 34.9 Å². The van der Waals surface area contributed by atoms with Gasteiger partial charge in [-0.2, -0.15) is 0 Å². The van der Waals surface area contributed by atoms with Gasteiger partial charge in [-0.05, 0) is 31.9 Å². The third-order valence-corrected chi connectivity index (χ3v) is 4.46. The Labute approximate surface area is 129 Å². The third-order valence-electron chi connectivity index (χ3n) is 4.21. The molecule has 1 fully saturated rings. The fourth-order valence-electron chi connectivity index (χ4n) is 3.03. The van der Waals surface area contributed by atoms with Gasteiger partial charge in [-0.3, -0.25) is 4.79 Å². The molecule has 21 heavy (non-hydrogen) atoms. The minimum atomic E-state index is -0.355. The lowest BCUT2D eigenvalue weighted by atomic mass is 9.92. The van der Waals surface area contributed by atoms with Crippen LogP contribution >= 0.6 is 11.6 Å². The van der Waals surface area contributed by atoms with Crippen molar-refractivity contribution in [1.82, 2.24) is 5.32 Å². The summed E-state index contributed by atoms with van der Waals surface area (Å²) in [6, 6.07) is 7.65. The Kier molecular flexibility index (Phi) is 4.15. The van der Waals surface area contributed by atoms with Gasteiger partial charge in [-0.15, -0.1) is 0 Å². The molecule has 0 unspecified atom stereocenters. The summed E-state index contributed by atoms with van der Waals surface area (Å²) in [5.41, 5.74) is 1.57. The molecule has 1 amide bonds. The number of carbonyl (C=O) groups excluding carboxylic acids is 1. The Morgan fingerprint density at radius 3 is 2.62 bits per heavy atom. The molecule has 2 atom stereocenters. The van der Waals surface area contributed by atoms with Gasteiger partial charge >= 0.3 is 0 Å². The van der Waals surface area contributed by atoms with E-state index in [1.165, 1.54) is 12.8 Å². The number of nitrogens with zero attached hydrogens (tertiary/aromatic N) is 1. The zero-order valence-corrected chi connectivity index (χ0v) is 12.8. The van der Waals surface area contributed by atoms with Gasteiger partial charge in [0.2, 0.25) is 5.91 Å². The zero-order chi connectivity index (χ0) is 14.8. The van der Waals surface area contributed by atoms with E-state index in [1.807, 2.05) is 19.1 Å². The van der Waals surface area contributed by atoms with Crippen molar-refractivity contribution < 1.29 is 9.63 Å². The van der Waals surface area contributed by atoms with Crippen LogP contribution in [0.2, 0.25) is 5.02 Å². The van der Waals surface area contributed by atoms with Crippen LogP contribution < -0.4 is 5.32 Å². The van der Waals surface area contributed by atoms with Crippen LogP contribution in [0.15, 0.2) is 29.4 Å². The fraction of sp³-hybridized carbons (Fsp3) is 0.500. The largest absolute Gasteiger partial charge is 0.391 e. The molecule has 0 spiro atoms. The van der Waals surface area contributed by atoms with Gasteiger partial charge in [0.05, 0.1) is 0 Å². The minimum absolute atomic E-state index is 0.0144. The van der Waals surface area contributed by atoms with Crippen molar-refractivity contribution in [2.45, 2.75) is 44.8 Å². The van der Waals surface area contributed by atoms with E-state index in [1.54, 1.807) is 12.1 Å². The highest BCUT2D eigenvalue weighted by Gasteiger charge is 2.38. The van der Waals surface area contributed by atoms with Crippen LogP contribution in [0.1, 0.15) is 38.2 Å². The summed E-state index contributed by atoms with van der Waals surface area (Å²) in [6.07, 6.45) is 4.29. The summed E-state index contributed by atoms with van der Waals surface area (Å²) >= 11 is 5.91.